The van der Waals surface area contributed by atoms with Crippen molar-refractivity contribution in [2.24, 2.45) is 0 Å². The Balaban J connectivity index is 2.99. The molecule has 2 N–H and O–H groups in total. The molecule has 0 bridgehead atoms. The molecule has 0 amide bonds. The van der Waals surface area contributed by atoms with Gasteiger partial charge in [-0.15, -0.1) is 0 Å². The number of carboxylic acid groups (broad SMARTS) is 1. The van der Waals surface area contributed by atoms with E-state index in [4.69, 9.17) is 9.84 Å². The normalized spacial score (nSPS) is 14.0. The molecule has 5 heteroatoms. The van der Waals surface area contributed by atoms with Crippen molar-refractivity contribution in [2.75, 3.05) is 6.54 Å². The van der Waals surface area contributed by atoms with E-state index in [2.05, 4.69) is 21.2 Å². The first-order valence-electron chi connectivity index (χ1n) is 5.88. The zero-order valence-electron chi connectivity index (χ0n) is 10.7. The number of hydrogen-bond donors (Lipinski definition) is 2. The summed E-state index contributed by atoms with van der Waals surface area (Å²) in [6, 6.07) is 5.67. The summed E-state index contributed by atoms with van der Waals surface area (Å²) in [6.45, 7) is 6.39. The molecule has 18 heavy (non-hydrogen) atoms. The average Bonchev–Trinajstić information content (AvgIpc) is 2.31. The largest absolute Gasteiger partial charge is 0.479 e. The van der Waals surface area contributed by atoms with Gasteiger partial charge in [-0.2, -0.15) is 0 Å². The van der Waals surface area contributed by atoms with Crippen molar-refractivity contribution < 1.29 is 14.6 Å². The Hall–Kier alpha value is -1.07. The molecule has 1 aromatic rings. The second kappa shape index (κ2) is 6.75. The molecule has 0 aliphatic rings. The van der Waals surface area contributed by atoms with E-state index in [1.165, 1.54) is 6.92 Å². The van der Waals surface area contributed by atoms with E-state index in [1.807, 2.05) is 26.0 Å². The molecule has 0 spiro atoms. The highest BCUT2D eigenvalue weighted by molar-refractivity contribution is 9.10. The Labute approximate surface area is 115 Å². The summed E-state index contributed by atoms with van der Waals surface area (Å²) in [7, 11) is 0. The Bertz CT molecular complexity index is 423. The number of ether oxygens (including phenoxy) is 1. The molecule has 4 nitrogen and oxygen atoms in total. The molecule has 0 saturated carbocycles. The van der Waals surface area contributed by atoms with Gasteiger partial charge in [-0.05, 0) is 38.6 Å². The van der Waals surface area contributed by atoms with Crippen LogP contribution in [0.25, 0.3) is 0 Å². The lowest BCUT2D eigenvalue weighted by Crippen LogP contribution is -2.25. The first-order chi connectivity index (χ1) is 8.45. The van der Waals surface area contributed by atoms with Crippen molar-refractivity contribution in [3.63, 3.8) is 0 Å². The van der Waals surface area contributed by atoms with Gasteiger partial charge < -0.3 is 15.2 Å². The molecule has 0 fully saturated rings. The Morgan fingerprint density at radius 1 is 1.50 bits per heavy atom. The third kappa shape index (κ3) is 3.99. The molecule has 2 atom stereocenters. The van der Waals surface area contributed by atoms with Gasteiger partial charge in [-0.1, -0.05) is 22.9 Å². The molecule has 0 radical (unpaired) electrons. The third-order valence-electron chi connectivity index (χ3n) is 2.60. The maximum absolute atomic E-state index is 10.8. The van der Waals surface area contributed by atoms with E-state index in [1.54, 1.807) is 6.07 Å². The predicted molar refractivity (Wildman–Crippen MR) is 74.0 cm³/mol. The maximum Gasteiger partial charge on any atom is 0.344 e. The second-order valence-corrected chi connectivity index (χ2v) is 4.98. The molecule has 1 aromatic carbocycles. The van der Waals surface area contributed by atoms with Crippen LogP contribution >= 0.6 is 15.9 Å². The van der Waals surface area contributed by atoms with Crippen molar-refractivity contribution >= 4 is 21.9 Å². The lowest BCUT2D eigenvalue weighted by Gasteiger charge is -2.19. The molecule has 0 aliphatic heterocycles. The Morgan fingerprint density at radius 3 is 2.72 bits per heavy atom. The average molecular weight is 316 g/mol. The highest BCUT2D eigenvalue weighted by atomic mass is 79.9. The Kier molecular flexibility index (Phi) is 5.62. The maximum atomic E-state index is 10.8. The molecule has 0 aromatic heterocycles. The number of halogens is 1. The highest BCUT2D eigenvalue weighted by Gasteiger charge is 2.17. The van der Waals surface area contributed by atoms with Crippen LogP contribution in [0, 0.1) is 0 Å². The number of carboxylic acids is 1. The summed E-state index contributed by atoms with van der Waals surface area (Å²) in [5, 5.41) is 12.2. The van der Waals surface area contributed by atoms with Gasteiger partial charge in [-0.25, -0.2) is 4.79 Å². The van der Waals surface area contributed by atoms with Crippen molar-refractivity contribution in [3.05, 3.63) is 28.2 Å². The predicted octanol–water partition coefficient (Wildman–Crippen LogP) is 2.97. The topological polar surface area (TPSA) is 58.6 Å². The zero-order chi connectivity index (χ0) is 13.7. The van der Waals surface area contributed by atoms with E-state index in [0.717, 1.165) is 16.6 Å². The molecular formula is C13H18BrNO3. The van der Waals surface area contributed by atoms with E-state index in [9.17, 15) is 4.79 Å². The molecule has 0 heterocycles. The number of hydrogen-bond acceptors (Lipinski definition) is 3. The van der Waals surface area contributed by atoms with Gasteiger partial charge in [0.1, 0.15) is 5.75 Å². The van der Waals surface area contributed by atoms with Crippen LogP contribution in [-0.2, 0) is 4.79 Å². The van der Waals surface area contributed by atoms with Crippen molar-refractivity contribution in [1.29, 1.82) is 0 Å². The summed E-state index contributed by atoms with van der Waals surface area (Å²) in [4.78, 5) is 10.8. The third-order valence-corrected chi connectivity index (χ3v) is 3.09. The lowest BCUT2D eigenvalue weighted by molar-refractivity contribution is -0.144. The van der Waals surface area contributed by atoms with Crippen LogP contribution < -0.4 is 10.1 Å². The van der Waals surface area contributed by atoms with E-state index >= 15 is 0 Å². The number of carbonyl (C=O) groups is 1. The summed E-state index contributed by atoms with van der Waals surface area (Å²) in [6.07, 6.45) is -0.862. The van der Waals surface area contributed by atoms with Crippen LogP contribution in [0.2, 0.25) is 0 Å². The fourth-order valence-electron chi connectivity index (χ4n) is 1.62. The zero-order valence-corrected chi connectivity index (χ0v) is 12.3. The SMILES string of the molecule is CCNC(C)c1cc(Br)ccc1OC(C)C(=O)O. The van der Waals surface area contributed by atoms with Crippen LogP contribution in [0.1, 0.15) is 32.4 Å². The minimum atomic E-state index is -0.972. The monoisotopic (exact) mass is 315 g/mol. The van der Waals surface area contributed by atoms with Crippen LogP contribution in [0.4, 0.5) is 0 Å². The minimum Gasteiger partial charge on any atom is -0.479 e. The fourth-order valence-corrected chi connectivity index (χ4v) is 2.00. The summed E-state index contributed by atoms with van der Waals surface area (Å²) >= 11 is 3.41. The fraction of sp³-hybridized carbons (Fsp3) is 0.462. The van der Waals surface area contributed by atoms with Crippen molar-refractivity contribution in [3.8, 4) is 5.75 Å². The van der Waals surface area contributed by atoms with Gasteiger partial charge in [-0.3, -0.25) is 0 Å². The Morgan fingerprint density at radius 2 is 2.17 bits per heavy atom. The van der Waals surface area contributed by atoms with Gasteiger partial charge in [0.05, 0.1) is 0 Å². The number of benzene rings is 1. The van der Waals surface area contributed by atoms with Gasteiger partial charge in [0.25, 0.3) is 0 Å². The van der Waals surface area contributed by atoms with E-state index in [-0.39, 0.29) is 6.04 Å². The quantitative estimate of drug-likeness (QED) is 0.847. The molecular weight excluding hydrogens is 298 g/mol. The summed E-state index contributed by atoms with van der Waals surface area (Å²) in [5.41, 5.74) is 0.944. The first-order valence-corrected chi connectivity index (χ1v) is 6.67. The van der Waals surface area contributed by atoms with E-state index in [0.29, 0.717) is 5.75 Å². The molecule has 1 rings (SSSR count). The molecule has 0 saturated heterocycles. The molecule has 2 unspecified atom stereocenters. The van der Waals surface area contributed by atoms with Gasteiger partial charge >= 0.3 is 5.97 Å². The molecule has 0 aliphatic carbocycles. The van der Waals surface area contributed by atoms with Gasteiger partial charge in [0.15, 0.2) is 6.10 Å². The van der Waals surface area contributed by atoms with Crippen LogP contribution in [0.3, 0.4) is 0 Å². The number of rotatable bonds is 6. The number of aliphatic carboxylic acids is 1. The molecule has 100 valence electrons. The lowest BCUT2D eigenvalue weighted by atomic mass is 10.1. The smallest absolute Gasteiger partial charge is 0.344 e. The van der Waals surface area contributed by atoms with Crippen LogP contribution in [-0.4, -0.2) is 23.7 Å². The standard InChI is InChI=1S/C13H18BrNO3/c1-4-15-8(2)11-7-10(14)5-6-12(11)18-9(3)13(16)17/h5-9,15H,4H2,1-3H3,(H,16,17). The highest BCUT2D eigenvalue weighted by Crippen LogP contribution is 2.29. The van der Waals surface area contributed by atoms with Crippen molar-refractivity contribution in [2.45, 2.75) is 32.9 Å². The summed E-state index contributed by atoms with van der Waals surface area (Å²) < 4.78 is 6.41. The second-order valence-electron chi connectivity index (χ2n) is 4.06. The van der Waals surface area contributed by atoms with Gasteiger partial charge in [0.2, 0.25) is 0 Å². The summed E-state index contributed by atoms with van der Waals surface area (Å²) in [5.74, 6) is -0.374. The van der Waals surface area contributed by atoms with Gasteiger partial charge in [0, 0.05) is 16.1 Å². The van der Waals surface area contributed by atoms with E-state index < -0.39 is 12.1 Å². The minimum absolute atomic E-state index is 0.100. The van der Waals surface area contributed by atoms with Crippen LogP contribution in [0.5, 0.6) is 5.75 Å². The van der Waals surface area contributed by atoms with Crippen molar-refractivity contribution in [1.82, 2.24) is 5.32 Å². The number of nitrogens with one attached hydrogen (secondary N) is 1. The van der Waals surface area contributed by atoms with Crippen LogP contribution in [0.15, 0.2) is 22.7 Å². The first kappa shape index (κ1) is 15.0.